The van der Waals surface area contributed by atoms with Crippen LogP contribution in [0.5, 0.6) is 0 Å². The third-order valence-corrected chi connectivity index (χ3v) is 4.22. The summed E-state index contributed by atoms with van der Waals surface area (Å²) in [5.74, 6) is -0.214. The van der Waals surface area contributed by atoms with Crippen molar-refractivity contribution in [1.29, 1.82) is 0 Å². The molecular weight excluding hydrogens is 327 g/mol. The van der Waals surface area contributed by atoms with E-state index in [0.29, 0.717) is 11.3 Å². The Kier molecular flexibility index (Phi) is 3.24. The van der Waals surface area contributed by atoms with Gasteiger partial charge < -0.3 is 5.32 Å². The zero-order valence-electron chi connectivity index (χ0n) is 10.1. The lowest BCUT2D eigenvalue weighted by Crippen LogP contribution is -1.91. The number of hydrogen-bond donors (Lipinski definition) is 1. The first-order valence-electron chi connectivity index (χ1n) is 5.71. The Balaban J connectivity index is 1.94. The molecule has 0 aliphatic carbocycles. The maximum atomic E-state index is 13.5. The highest BCUT2D eigenvalue weighted by molar-refractivity contribution is 9.10. The lowest BCUT2D eigenvalue weighted by molar-refractivity contribution is 0.619. The molecule has 0 amide bonds. The van der Waals surface area contributed by atoms with Gasteiger partial charge in [0.15, 0.2) is 5.13 Å². The van der Waals surface area contributed by atoms with Crippen molar-refractivity contribution in [2.45, 2.75) is 6.92 Å². The summed E-state index contributed by atoms with van der Waals surface area (Å²) in [4.78, 5) is 4.48. The van der Waals surface area contributed by atoms with Crippen LogP contribution in [0.4, 0.5) is 15.2 Å². The van der Waals surface area contributed by atoms with Crippen molar-refractivity contribution in [3.8, 4) is 0 Å². The molecule has 3 aromatic rings. The van der Waals surface area contributed by atoms with Gasteiger partial charge in [0.05, 0.1) is 10.2 Å². The lowest BCUT2D eigenvalue weighted by atomic mass is 10.2. The monoisotopic (exact) mass is 336 g/mol. The molecule has 0 bridgehead atoms. The highest BCUT2D eigenvalue weighted by atomic mass is 79.9. The summed E-state index contributed by atoms with van der Waals surface area (Å²) in [7, 11) is 0. The molecule has 0 saturated heterocycles. The number of aryl methyl sites for hydroxylation is 1. The van der Waals surface area contributed by atoms with Crippen LogP contribution in [0, 0.1) is 12.7 Å². The largest absolute Gasteiger partial charge is 0.331 e. The summed E-state index contributed by atoms with van der Waals surface area (Å²) >= 11 is 4.97. The van der Waals surface area contributed by atoms with Crippen LogP contribution in [0.3, 0.4) is 0 Å². The number of fused-ring (bicyclic) bond motifs is 1. The Hall–Kier alpha value is -1.46. The number of hydrogen-bond acceptors (Lipinski definition) is 3. The van der Waals surface area contributed by atoms with Crippen molar-refractivity contribution in [2.24, 2.45) is 0 Å². The minimum atomic E-state index is -0.214. The SMILES string of the molecule is Cc1ccc(Nc2nc3cc(Br)ccc3s2)cc1F. The van der Waals surface area contributed by atoms with E-state index in [9.17, 15) is 4.39 Å². The molecule has 3 rings (SSSR count). The number of benzene rings is 2. The van der Waals surface area contributed by atoms with Crippen LogP contribution in [0.2, 0.25) is 0 Å². The molecule has 0 aliphatic heterocycles. The molecule has 5 heteroatoms. The van der Waals surface area contributed by atoms with Crippen molar-refractivity contribution in [1.82, 2.24) is 4.98 Å². The van der Waals surface area contributed by atoms with Crippen molar-refractivity contribution in [3.05, 3.63) is 52.3 Å². The van der Waals surface area contributed by atoms with Gasteiger partial charge in [-0.2, -0.15) is 0 Å². The smallest absolute Gasteiger partial charge is 0.188 e. The minimum absolute atomic E-state index is 0.214. The minimum Gasteiger partial charge on any atom is -0.331 e. The Morgan fingerprint density at radius 3 is 2.84 bits per heavy atom. The Labute approximate surface area is 122 Å². The molecule has 0 unspecified atom stereocenters. The molecule has 1 aromatic heterocycles. The average molecular weight is 337 g/mol. The molecule has 1 heterocycles. The van der Waals surface area contributed by atoms with E-state index in [2.05, 4.69) is 26.2 Å². The fourth-order valence-corrected chi connectivity index (χ4v) is 2.96. The molecule has 2 nitrogen and oxygen atoms in total. The highest BCUT2D eigenvalue weighted by Crippen LogP contribution is 2.30. The second kappa shape index (κ2) is 4.90. The zero-order chi connectivity index (χ0) is 13.4. The number of nitrogens with one attached hydrogen (secondary N) is 1. The van der Waals surface area contributed by atoms with Crippen LogP contribution in [0.25, 0.3) is 10.2 Å². The molecule has 0 radical (unpaired) electrons. The molecule has 0 atom stereocenters. The molecule has 96 valence electrons. The first kappa shape index (κ1) is 12.6. The second-order valence-electron chi connectivity index (χ2n) is 4.22. The molecule has 0 fully saturated rings. The highest BCUT2D eigenvalue weighted by Gasteiger charge is 2.05. The number of aromatic nitrogens is 1. The summed E-state index contributed by atoms with van der Waals surface area (Å²) in [6.45, 7) is 1.74. The summed E-state index contributed by atoms with van der Waals surface area (Å²) in [6, 6.07) is 11.0. The zero-order valence-corrected chi connectivity index (χ0v) is 12.5. The fraction of sp³-hybridized carbons (Fsp3) is 0.0714. The van der Waals surface area contributed by atoms with Gasteiger partial charge >= 0.3 is 0 Å². The number of halogens is 2. The Bertz CT molecular complexity index is 754. The van der Waals surface area contributed by atoms with E-state index in [4.69, 9.17) is 0 Å². The van der Waals surface area contributed by atoms with Crippen LogP contribution >= 0.6 is 27.3 Å². The number of anilines is 2. The van der Waals surface area contributed by atoms with Gasteiger partial charge in [0, 0.05) is 10.2 Å². The molecular formula is C14H10BrFN2S. The van der Waals surface area contributed by atoms with E-state index < -0.39 is 0 Å². The number of rotatable bonds is 2. The predicted molar refractivity (Wildman–Crippen MR) is 81.7 cm³/mol. The van der Waals surface area contributed by atoms with E-state index in [1.807, 2.05) is 24.3 Å². The van der Waals surface area contributed by atoms with E-state index in [-0.39, 0.29) is 5.82 Å². The maximum absolute atomic E-state index is 13.5. The van der Waals surface area contributed by atoms with Gasteiger partial charge in [-0.15, -0.1) is 0 Å². The summed E-state index contributed by atoms with van der Waals surface area (Å²) in [5.41, 5.74) is 2.27. The van der Waals surface area contributed by atoms with Crippen molar-refractivity contribution >= 4 is 48.3 Å². The van der Waals surface area contributed by atoms with Crippen molar-refractivity contribution in [3.63, 3.8) is 0 Å². The van der Waals surface area contributed by atoms with Crippen molar-refractivity contribution in [2.75, 3.05) is 5.32 Å². The van der Waals surface area contributed by atoms with Crippen molar-refractivity contribution < 1.29 is 4.39 Å². The second-order valence-corrected chi connectivity index (χ2v) is 6.17. The van der Waals surface area contributed by atoms with Gasteiger partial charge in [-0.25, -0.2) is 9.37 Å². The van der Waals surface area contributed by atoms with Crippen LogP contribution in [0.1, 0.15) is 5.56 Å². The van der Waals surface area contributed by atoms with Gasteiger partial charge in [0.1, 0.15) is 5.82 Å². The molecule has 2 aromatic carbocycles. The third-order valence-electron chi connectivity index (χ3n) is 2.77. The first-order valence-corrected chi connectivity index (χ1v) is 7.32. The quantitative estimate of drug-likeness (QED) is 0.691. The molecule has 0 saturated carbocycles. The number of thiazole rings is 1. The van der Waals surface area contributed by atoms with E-state index in [1.54, 1.807) is 24.3 Å². The van der Waals surface area contributed by atoms with E-state index >= 15 is 0 Å². The fourth-order valence-electron chi connectivity index (χ4n) is 1.75. The van der Waals surface area contributed by atoms with Gasteiger partial charge in [-0.3, -0.25) is 0 Å². The first-order chi connectivity index (χ1) is 9.11. The number of nitrogens with zero attached hydrogens (tertiary/aromatic N) is 1. The molecule has 19 heavy (non-hydrogen) atoms. The van der Waals surface area contributed by atoms with Crippen LogP contribution < -0.4 is 5.32 Å². The predicted octanol–water partition coefficient (Wildman–Crippen LogP) is 5.25. The van der Waals surface area contributed by atoms with E-state index in [0.717, 1.165) is 19.8 Å². The average Bonchev–Trinajstić information content (AvgIpc) is 2.75. The summed E-state index contributed by atoms with van der Waals surface area (Å²) in [5, 5.41) is 3.89. The van der Waals surface area contributed by atoms with Gasteiger partial charge in [-0.1, -0.05) is 33.3 Å². The molecule has 1 N–H and O–H groups in total. The topological polar surface area (TPSA) is 24.9 Å². The Morgan fingerprint density at radius 2 is 2.05 bits per heavy atom. The van der Waals surface area contributed by atoms with E-state index in [1.165, 1.54) is 6.07 Å². The normalized spacial score (nSPS) is 10.9. The maximum Gasteiger partial charge on any atom is 0.188 e. The van der Waals surface area contributed by atoms with Crippen LogP contribution in [-0.4, -0.2) is 4.98 Å². The lowest BCUT2D eigenvalue weighted by Gasteiger charge is -2.03. The standard InChI is InChI=1S/C14H10BrFN2S/c1-8-2-4-10(7-11(8)16)17-14-18-12-6-9(15)3-5-13(12)19-14/h2-7H,1H3,(H,17,18). The third kappa shape index (κ3) is 2.62. The molecule has 0 spiro atoms. The van der Waals surface area contributed by atoms with Crippen LogP contribution in [0.15, 0.2) is 40.9 Å². The molecule has 0 aliphatic rings. The summed E-state index contributed by atoms with van der Waals surface area (Å²) in [6.07, 6.45) is 0. The Morgan fingerprint density at radius 1 is 1.21 bits per heavy atom. The van der Waals surface area contributed by atoms with Crippen LogP contribution in [-0.2, 0) is 0 Å². The van der Waals surface area contributed by atoms with Gasteiger partial charge in [0.2, 0.25) is 0 Å². The van der Waals surface area contributed by atoms with Gasteiger partial charge in [0.25, 0.3) is 0 Å². The summed E-state index contributed by atoms with van der Waals surface area (Å²) < 4.78 is 15.6. The van der Waals surface area contributed by atoms with Gasteiger partial charge in [-0.05, 0) is 42.8 Å².